The molecule has 1 fully saturated rings. The summed E-state index contributed by atoms with van der Waals surface area (Å²) in [5.41, 5.74) is 1.44. The third-order valence-corrected chi connectivity index (χ3v) is 6.41. The normalized spacial score (nSPS) is 17.2. The summed E-state index contributed by atoms with van der Waals surface area (Å²) in [6, 6.07) is 9.42. The van der Waals surface area contributed by atoms with E-state index in [1.807, 2.05) is 18.2 Å². The smallest absolute Gasteiger partial charge is 0.408 e. The molecule has 0 saturated carbocycles. The van der Waals surface area contributed by atoms with Crippen molar-refractivity contribution in [3.05, 3.63) is 54.2 Å². The van der Waals surface area contributed by atoms with E-state index in [0.717, 1.165) is 5.39 Å². The molecule has 4 aromatic rings. The number of carboxylic acid groups (broad SMARTS) is 1. The van der Waals surface area contributed by atoms with Gasteiger partial charge in [-0.2, -0.15) is 13.2 Å². The molecular weight excluding hydrogens is 505 g/mol. The van der Waals surface area contributed by atoms with E-state index in [2.05, 4.69) is 20.5 Å². The van der Waals surface area contributed by atoms with Gasteiger partial charge in [0.15, 0.2) is 11.5 Å². The van der Waals surface area contributed by atoms with Crippen molar-refractivity contribution in [2.75, 3.05) is 33.4 Å². The van der Waals surface area contributed by atoms with E-state index in [-0.39, 0.29) is 25.1 Å². The lowest BCUT2D eigenvalue weighted by atomic mass is 10.1. The highest BCUT2D eigenvalue weighted by molar-refractivity contribution is 5.82. The molecule has 1 aromatic carbocycles. The molecule has 13 heteroatoms. The van der Waals surface area contributed by atoms with Crippen LogP contribution in [0.3, 0.4) is 0 Å². The first-order chi connectivity index (χ1) is 18.2. The van der Waals surface area contributed by atoms with Crippen molar-refractivity contribution < 1.29 is 32.5 Å². The number of nitrogens with zero attached hydrogens (tertiary/aromatic N) is 5. The molecule has 1 aliphatic heterocycles. The lowest BCUT2D eigenvalue weighted by Gasteiger charge is -2.30. The highest BCUT2D eigenvalue weighted by atomic mass is 19.4. The molecule has 10 nitrogen and oxygen atoms in total. The molecule has 0 aliphatic carbocycles. The van der Waals surface area contributed by atoms with E-state index in [1.165, 1.54) is 27.6 Å². The summed E-state index contributed by atoms with van der Waals surface area (Å²) in [5.74, 6) is 0.907. The Morgan fingerprint density at radius 1 is 1.18 bits per heavy atom. The minimum absolute atomic E-state index is 0.00311. The van der Waals surface area contributed by atoms with E-state index in [0.29, 0.717) is 41.6 Å². The van der Waals surface area contributed by atoms with Crippen LogP contribution in [-0.4, -0.2) is 81.3 Å². The number of fused-ring (bicyclic) bond motifs is 2. The predicted molar refractivity (Wildman–Crippen MR) is 131 cm³/mol. The van der Waals surface area contributed by atoms with Crippen LogP contribution < -0.4 is 10.1 Å². The summed E-state index contributed by atoms with van der Waals surface area (Å²) in [6.45, 7) is 0.865. The van der Waals surface area contributed by atoms with Gasteiger partial charge in [0.25, 0.3) is 0 Å². The maximum Gasteiger partial charge on any atom is 0.408 e. The van der Waals surface area contributed by atoms with Crippen LogP contribution >= 0.6 is 0 Å². The van der Waals surface area contributed by atoms with Gasteiger partial charge in [-0.05, 0) is 36.2 Å². The molecular formula is C25H25F3N6O4. The molecule has 4 heterocycles. The van der Waals surface area contributed by atoms with Gasteiger partial charge in [-0.25, -0.2) is 9.78 Å². The summed E-state index contributed by atoms with van der Waals surface area (Å²) in [4.78, 5) is 16.9. The van der Waals surface area contributed by atoms with Crippen LogP contribution in [-0.2, 0) is 4.74 Å². The summed E-state index contributed by atoms with van der Waals surface area (Å²) < 4.78 is 55.0. The zero-order valence-electron chi connectivity index (χ0n) is 20.4. The van der Waals surface area contributed by atoms with Gasteiger partial charge in [0, 0.05) is 43.9 Å². The fourth-order valence-corrected chi connectivity index (χ4v) is 4.72. The molecule has 1 saturated heterocycles. The minimum atomic E-state index is -4.58. The average molecular weight is 531 g/mol. The van der Waals surface area contributed by atoms with Crippen LogP contribution in [0.5, 0.6) is 5.75 Å². The molecule has 2 N–H and O–H groups in total. The zero-order valence-corrected chi connectivity index (χ0v) is 20.4. The largest absolute Gasteiger partial charge is 0.491 e. The molecule has 2 atom stereocenters. The molecule has 1 aliphatic rings. The van der Waals surface area contributed by atoms with Crippen LogP contribution in [0, 0.1) is 0 Å². The second-order valence-electron chi connectivity index (χ2n) is 8.98. The summed E-state index contributed by atoms with van der Waals surface area (Å²) in [7, 11) is 1.58. The van der Waals surface area contributed by atoms with Gasteiger partial charge in [-0.3, -0.25) is 9.30 Å². The second kappa shape index (κ2) is 10.4. The highest BCUT2D eigenvalue weighted by Crippen LogP contribution is 2.39. The van der Waals surface area contributed by atoms with Gasteiger partial charge in [-0.15, -0.1) is 10.2 Å². The molecule has 0 radical (unpaired) electrons. The SMILES string of the molecule is COCCOc1ccc2ccc(-c3nnc4ccc([C@@H](N5CCC(NC(=O)O)C5)C(F)(F)F)cn34)nc2c1. The van der Waals surface area contributed by atoms with Crippen molar-refractivity contribution >= 4 is 22.6 Å². The van der Waals surface area contributed by atoms with Gasteiger partial charge in [0.2, 0.25) is 0 Å². The second-order valence-corrected chi connectivity index (χ2v) is 8.98. The molecule has 200 valence electrons. The van der Waals surface area contributed by atoms with Crippen LogP contribution in [0.25, 0.3) is 28.1 Å². The van der Waals surface area contributed by atoms with Crippen molar-refractivity contribution in [1.29, 1.82) is 0 Å². The number of ether oxygens (including phenoxy) is 2. The number of alkyl halides is 3. The lowest BCUT2D eigenvalue weighted by Crippen LogP contribution is -2.40. The van der Waals surface area contributed by atoms with Crippen LogP contribution in [0.15, 0.2) is 48.7 Å². The number of amides is 1. The molecule has 3 aromatic heterocycles. The number of pyridine rings is 2. The van der Waals surface area contributed by atoms with E-state index < -0.39 is 24.4 Å². The number of nitrogens with one attached hydrogen (secondary N) is 1. The number of halogens is 3. The molecule has 1 unspecified atom stereocenters. The lowest BCUT2D eigenvalue weighted by molar-refractivity contribution is -0.184. The number of likely N-dealkylation sites (tertiary alicyclic amines) is 1. The van der Waals surface area contributed by atoms with E-state index >= 15 is 0 Å². The third-order valence-electron chi connectivity index (χ3n) is 6.41. The topological polar surface area (TPSA) is 114 Å². The van der Waals surface area contributed by atoms with Crippen molar-refractivity contribution in [2.45, 2.75) is 24.7 Å². The van der Waals surface area contributed by atoms with Crippen LogP contribution in [0.4, 0.5) is 18.0 Å². The van der Waals surface area contributed by atoms with Gasteiger partial charge in [0.1, 0.15) is 24.1 Å². The monoisotopic (exact) mass is 530 g/mol. The van der Waals surface area contributed by atoms with Crippen LogP contribution in [0.2, 0.25) is 0 Å². The van der Waals surface area contributed by atoms with Crippen molar-refractivity contribution in [3.63, 3.8) is 0 Å². The number of hydrogen-bond acceptors (Lipinski definition) is 7. The van der Waals surface area contributed by atoms with E-state index in [9.17, 15) is 18.0 Å². The van der Waals surface area contributed by atoms with E-state index in [4.69, 9.17) is 14.6 Å². The van der Waals surface area contributed by atoms with Crippen LogP contribution in [0.1, 0.15) is 18.0 Å². The van der Waals surface area contributed by atoms with E-state index in [1.54, 1.807) is 19.2 Å². The van der Waals surface area contributed by atoms with Gasteiger partial charge >= 0.3 is 12.3 Å². The quantitative estimate of drug-likeness (QED) is 0.330. The Morgan fingerprint density at radius 3 is 2.76 bits per heavy atom. The first-order valence-corrected chi connectivity index (χ1v) is 11.9. The molecule has 0 bridgehead atoms. The number of benzene rings is 1. The predicted octanol–water partition coefficient (Wildman–Crippen LogP) is 3.92. The standard InChI is InChI=1S/C25H25F3N6O4/c1-37-10-11-38-18-5-2-15-3-6-19(30-20(15)12-18)23-32-31-21-7-4-16(13-34(21)23)22(25(26,27)28)33-9-8-17(14-33)29-24(35)36/h2-7,12-13,17,22,29H,8-11,14H2,1H3,(H,35,36)/t17?,22-/m1/s1. The molecule has 0 spiro atoms. The molecule has 38 heavy (non-hydrogen) atoms. The number of carbonyl (C=O) groups is 1. The number of methoxy groups -OCH3 is 1. The average Bonchev–Trinajstić information content (AvgIpc) is 3.49. The minimum Gasteiger partial charge on any atom is -0.491 e. The van der Waals surface area contributed by atoms with Crippen molar-refractivity contribution in [3.8, 4) is 17.3 Å². The third kappa shape index (κ3) is 5.34. The van der Waals surface area contributed by atoms with Crippen molar-refractivity contribution in [2.24, 2.45) is 0 Å². The Hall–Kier alpha value is -3.97. The Morgan fingerprint density at radius 2 is 2.00 bits per heavy atom. The summed E-state index contributed by atoms with van der Waals surface area (Å²) in [6.07, 6.45) is -4.18. The molecule has 5 rings (SSSR count). The highest BCUT2D eigenvalue weighted by Gasteiger charge is 2.47. The first-order valence-electron chi connectivity index (χ1n) is 11.9. The molecule has 1 amide bonds. The van der Waals surface area contributed by atoms with Gasteiger partial charge < -0.3 is 19.9 Å². The zero-order chi connectivity index (χ0) is 26.9. The Labute approximate surface area is 215 Å². The Balaban J connectivity index is 1.49. The van der Waals surface area contributed by atoms with Gasteiger partial charge in [-0.1, -0.05) is 12.1 Å². The first kappa shape index (κ1) is 25.7. The fraction of sp³-hybridized carbons (Fsp3) is 0.360. The number of rotatable bonds is 8. The Kier molecular flexibility index (Phi) is 7.04. The maximum atomic E-state index is 14.3. The summed E-state index contributed by atoms with van der Waals surface area (Å²) >= 11 is 0. The Bertz CT molecular complexity index is 1460. The fourth-order valence-electron chi connectivity index (χ4n) is 4.72. The number of hydrogen-bond donors (Lipinski definition) is 2. The number of aromatic nitrogens is 4. The van der Waals surface area contributed by atoms with Crippen molar-refractivity contribution in [1.82, 2.24) is 29.8 Å². The van der Waals surface area contributed by atoms with Gasteiger partial charge in [0.05, 0.1) is 12.1 Å². The maximum absolute atomic E-state index is 14.3. The summed E-state index contributed by atoms with van der Waals surface area (Å²) in [5, 5.41) is 20.4.